The van der Waals surface area contributed by atoms with Gasteiger partial charge in [0.25, 0.3) is 0 Å². The van der Waals surface area contributed by atoms with Gasteiger partial charge in [-0.05, 0) is 17.5 Å². The highest BCUT2D eigenvalue weighted by Crippen LogP contribution is 2.19. The van der Waals surface area contributed by atoms with Crippen LogP contribution in [0.25, 0.3) is 0 Å². The zero-order valence-electron chi connectivity index (χ0n) is 10.3. The van der Waals surface area contributed by atoms with Crippen LogP contribution in [0.2, 0.25) is 0 Å². The van der Waals surface area contributed by atoms with Gasteiger partial charge in [-0.2, -0.15) is 0 Å². The SMILES string of the molecule is CC(=O)NCCC(O)C(O)c1ccc(CO)cc1. The molecule has 2 unspecified atom stereocenters. The van der Waals surface area contributed by atoms with Gasteiger partial charge in [-0.15, -0.1) is 0 Å². The third kappa shape index (κ3) is 4.44. The molecule has 0 saturated heterocycles. The van der Waals surface area contributed by atoms with Crippen LogP contribution in [0.4, 0.5) is 0 Å². The van der Waals surface area contributed by atoms with Crippen molar-refractivity contribution < 1.29 is 20.1 Å². The molecule has 0 heterocycles. The van der Waals surface area contributed by atoms with Crippen LogP contribution >= 0.6 is 0 Å². The number of carbonyl (C=O) groups excluding carboxylic acids is 1. The predicted octanol–water partition coefficient (Wildman–Crippen LogP) is 0.0994. The Kier molecular flexibility index (Phi) is 5.77. The molecule has 4 N–H and O–H groups in total. The molecule has 0 spiro atoms. The number of amides is 1. The summed E-state index contributed by atoms with van der Waals surface area (Å²) in [6.45, 7) is 1.67. The molecule has 1 rings (SSSR count). The normalized spacial score (nSPS) is 14.0. The largest absolute Gasteiger partial charge is 0.392 e. The first-order valence-electron chi connectivity index (χ1n) is 5.85. The molecular formula is C13H19NO4. The molecule has 0 aliphatic carbocycles. The first-order valence-corrected chi connectivity index (χ1v) is 5.85. The fraction of sp³-hybridized carbons (Fsp3) is 0.462. The van der Waals surface area contributed by atoms with Gasteiger partial charge in [0.2, 0.25) is 5.91 Å². The van der Waals surface area contributed by atoms with Crippen molar-refractivity contribution in [2.75, 3.05) is 6.54 Å². The Bertz CT molecular complexity index is 377. The summed E-state index contributed by atoms with van der Waals surface area (Å²) in [6, 6.07) is 6.72. The van der Waals surface area contributed by atoms with E-state index < -0.39 is 12.2 Å². The third-order valence-corrected chi connectivity index (χ3v) is 2.68. The number of hydrogen-bond acceptors (Lipinski definition) is 4. The van der Waals surface area contributed by atoms with Crippen molar-refractivity contribution in [1.82, 2.24) is 5.32 Å². The average Bonchev–Trinajstić information content (AvgIpc) is 2.37. The van der Waals surface area contributed by atoms with Crippen molar-refractivity contribution in [2.24, 2.45) is 0 Å². The van der Waals surface area contributed by atoms with Gasteiger partial charge in [-0.3, -0.25) is 4.79 Å². The fourth-order valence-corrected chi connectivity index (χ4v) is 1.60. The molecular weight excluding hydrogens is 234 g/mol. The standard InChI is InChI=1S/C13H19NO4/c1-9(16)14-7-6-12(17)13(18)11-4-2-10(8-15)3-5-11/h2-5,12-13,15,17-18H,6-8H2,1H3,(H,14,16). The van der Waals surface area contributed by atoms with Crippen LogP contribution in [0, 0.1) is 0 Å². The molecule has 0 aliphatic rings. The van der Waals surface area contributed by atoms with Crippen LogP contribution in [0.5, 0.6) is 0 Å². The molecule has 1 aromatic carbocycles. The predicted molar refractivity (Wildman–Crippen MR) is 66.6 cm³/mol. The highest BCUT2D eigenvalue weighted by atomic mass is 16.3. The Morgan fingerprint density at radius 2 is 1.89 bits per heavy atom. The number of carbonyl (C=O) groups is 1. The van der Waals surface area contributed by atoms with E-state index >= 15 is 0 Å². The van der Waals surface area contributed by atoms with E-state index in [1.807, 2.05) is 0 Å². The van der Waals surface area contributed by atoms with E-state index in [2.05, 4.69) is 5.32 Å². The van der Waals surface area contributed by atoms with Gasteiger partial charge < -0.3 is 20.6 Å². The summed E-state index contributed by atoms with van der Waals surface area (Å²) in [5, 5.41) is 31.1. The number of benzene rings is 1. The number of aliphatic hydroxyl groups excluding tert-OH is 3. The molecule has 2 atom stereocenters. The van der Waals surface area contributed by atoms with Crippen molar-refractivity contribution in [2.45, 2.75) is 32.2 Å². The van der Waals surface area contributed by atoms with E-state index in [1.165, 1.54) is 6.92 Å². The van der Waals surface area contributed by atoms with Crippen molar-refractivity contribution in [3.05, 3.63) is 35.4 Å². The maximum atomic E-state index is 10.7. The van der Waals surface area contributed by atoms with Gasteiger partial charge in [-0.25, -0.2) is 0 Å². The smallest absolute Gasteiger partial charge is 0.216 e. The lowest BCUT2D eigenvalue weighted by atomic mass is 10.0. The Morgan fingerprint density at radius 3 is 2.39 bits per heavy atom. The van der Waals surface area contributed by atoms with Gasteiger partial charge in [0.05, 0.1) is 12.7 Å². The topological polar surface area (TPSA) is 89.8 Å². The van der Waals surface area contributed by atoms with Crippen molar-refractivity contribution in [1.29, 1.82) is 0 Å². The molecule has 0 radical (unpaired) electrons. The Hall–Kier alpha value is -1.43. The van der Waals surface area contributed by atoms with Gasteiger partial charge in [-0.1, -0.05) is 24.3 Å². The quantitative estimate of drug-likeness (QED) is 0.579. The third-order valence-electron chi connectivity index (χ3n) is 2.68. The minimum absolute atomic E-state index is 0.0541. The Balaban J connectivity index is 2.51. The van der Waals surface area contributed by atoms with E-state index in [-0.39, 0.29) is 18.9 Å². The van der Waals surface area contributed by atoms with Crippen LogP contribution in [0.3, 0.4) is 0 Å². The van der Waals surface area contributed by atoms with Crippen LogP contribution in [0.1, 0.15) is 30.6 Å². The summed E-state index contributed by atoms with van der Waals surface area (Å²) < 4.78 is 0. The van der Waals surface area contributed by atoms with E-state index in [4.69, 9.17) is 5.11 Å². The summed E-state index contributed by atoms with van der Waals surface area (Å²) in [6.07, 6.45) is -1.65. The molecule has 100 valence electrons. The number of hydrogen-bond donors (Lipinski definition) is 4. The van der Waals surface area contributed by atoms with E-state index in [1.54, 1.807) is 24.3 Å². The fourth-order valence-electron chi connectivity index (χ4n) is 1.60. The molecule has 0 saturated carbocycles. The highest BCUT2D eigenvalue weighted by molar-refractivity contribution is 5.72. The molecule has 18 heavy (non-hydrogen) atoms. The molecule has 5 heteroatoms. The minimum atomic E-state index is -0.994. The summed E-state index contributed by atoms with van der Waals surface area (Å²) in [7, 11) is 0. The van der Waals surface area contributed by atoms with Gasteiger partial charge in [0.1, 0.15) is 6.10 Å². The zero-order chi connectivity index (χ0) is 13.5. The minimum Gasteiger partial charge on any atom is -0.392 e. The second-order valence-electron chi connectivity index (χ2n) is 4.18. The van der Waals surface area contributed by atoms with Gasteiger partial charge >= 0.3 is 0 Å². The lowest BCUT2D eigenvalue weighted by Crippen LogP contribution is -2.27. The molecule has 1 amide bonds. The second-order valence-corrected chi connectivity index (χ2v) is 4.18. The Labute approximate surface area is 106 Å². The van der Waals surface area contributed by atoms with Crippen LogP contribution < -0.4 is 5.32 Å². The highest BCUT2D eigenvalue weighted by Gasteiger charge is 2.17. The van der Waals surface area contributed by atoms with E-state index in [9.17, 15) is 15.0 Å². The molecule has 0 fully saturated rings. The van der Waals surface area contributed by atoms with Gasteiger partial charge in [0.15, 0.2) is 0 Å². The number of nitrogens with one attached hydrogen (secondary N) is 1. The molecule has 0 aromatic heterocycles. The maximum absolute atomic E-state index is 10.7. The van der Waals surface area contributed by atoms with E-state index in [0.717, 1.165) is 5.56 Å². The second kappa shape index (κ2) is 7.10. The van der Waals surface area contributed by atoms with Crippen LogP contribution in [0.15, 0.2) is 24.3 Å². The lowest BCUT2D eigenvalue weighted by molar-refractivity contribution is -0.119. The molecule has 0 aliphatic heterocycles. The Morgan fingerprint density at radius 1 is 1.28 bits per heavy atom. The number of rotatable bonds is 6. The first-order chi connectivity index (χ1) is 8.54. The van der Waals surface area contributed by atoms with Crippen LogP contribution in [-0.2, 0) is 11.4 Å². The van der Waals surface area contributed by atoms with Crippen molar-refractivity contribution in [3.8, 4) is 0 Å². The zero-order valence-corrected chi connectivity index (χ0v) is 10.3. The lowest BCUT2D eigenvalue weighted by Gasteiger charge is -2.18. The summed E-state index contributed by atoms with van der Waals surface area (Å²) in [5.41, 5.74) is 1.33. The van der Waals surface area contributed by atoms with Crippen molar-refractivity contribution >= 4 is 5.91 Å². The monoisotopic (exact) mass is 253 g/mol. The number of aliphatic hydroxyl groups is 3. The first kappa shape index (κ1) is 14.6. The molecule has 1 aromatic rings. The van der Waals surface area contributed by atoms with Crippen LogP contribution in [-0.4, -0.2) is 33.9 Å². The van der Waals surface area contributed by atoms with Crippen molar-refractivity contribution in [3.63, 3.8) is 0 Å². The molecule has 5 nitrogen and oxygen atoms in total. The van der Waals surface area contributed by atoms with E-state index in [0.29, 0.717) is 12.1 Å². The summed E-state index contributed by atoms with van der Waals surface area (Å²) in [5.74, 6) is -0.163. The summed E-state index contributed by atoms with van der Waals surface area (Å²) in [4.78, 5) is 10.7. The average molecular weight is 253 g/mol. The van der Waals surface area contributed by atoms with Gasteiger partial charge in [0, 0.05) is 13.5 Å². The maximum Gasteiger partial charge on any atom is 0.216 e. The molecule has 0 bridgehead atoms. The summed E-state index contributed by atoms with van der Waals surface area (Å²) >= 11 is 0.